The van der Waals surface area contributed by atoms with Gasteiger partial charge < -0.3 is 41.2 Å². The fourth-order valence-electron chi connectivity index (χ4n) is 3.65. The van der Waals surface area contributed by atoms with Gasteiger partial charge in [-0.3, -0.25) is 4.79 Å². The number of ether oxygens (including phenoxy) is 1. The Balaban J connectivity index is 1.42. The zero-order chi connectivity index (χ0) is 20.5. The number of carbonyl (C=O) groups is 1. The van der Waals surface area contributed by atoms with Gasteiger partial charge in [-0.1, -0.05) is 0 Å². The van der Waals surface area contributed by atoms with E-state index in [2.05, 4.69) is 25.6 Å². The van der Waals surface area contributed by atoms with E-state index in [0.29, 0.717) is 13.1 Å². The van der Waals surface area contributed by atoms with E-state index < -0.39 is 30.2 Å². The molecular formula is C16H24N8O5. The highest BCUT2D eigenvalue weighted by atomic mass is 16.6. The third-order valence-corrected chi connectivity index (χ3v) is 5.22. The number of nitrogens with one attached hydrogen (secondary N) is 3. The van der Waals surface area contributed by atoms with Gasteiger partial charge in [0.25, 0.3) is 0 Å². The molecule has 0 aromatic carbocycles. The summed E-state index contributed by atoms with van der Waals surface area (Å²) in [6.07, 6.45) is -3.39. The van der Waals surface area contributed by atoms with Crippen molar-refractivity contribution in [3.05, 3.63) is 16.8 Å². The molecule has 0 radical (unpaired) electrons. The molecule has 2 saturated heterocycles. The number of hydrogen-bond acceptors (Lipinski definition) is 10. The van der Waals surface area contributed by atoms with E-state index >= 15 is 0 Å². The van der Waals surface area contributed by atoms with Crippen LogP contribution in [0.1, 0.15) is 6.23 Å². The van der Waals surface area contributed by atoms with Crippen molar-refractivity contribution in [3.8, 4) is 0 Å². The molecule has 0 aliphatic carbocycles. The first-order valence-electron chi connectivity index (χ1n) is 9.39. The van der Waals surface area contributed by atoms with Crippen LogP contribution >= 0.6 is 0 Å². The summed E-state index contributed by atoms with van der Waals surface area (Å²) in [5.74, 6) is 0.0413. The van der Waals surface area contributed by atoms with Crippen LogP contribution in [0.15, 0.2) is 11.1 Å². The van der Waals surface area contributed by atoms with Crippen molar-refractivity contribution in [1.82, 2.24) is 35.1 Å². The summed E-state index contributed by atoms with van der Waals surface area (Å²) in [6.45, 7) is 3.04. The molecule has 158 valence electrons. The maximum absolute atomic E-state index is 12.4. The molecule has 29 heavy (non-hydrogen) atoms. The van der Waals surface area contributed by atoms with Crippen molar-refractivity contribution in [2.75, 3.05) is 45.0 Å². The van der Waals surface area contributed by atoms with E-state index in [-0.39, 0.29) is 36.0 Å². The van der Waals surface area contributed by atoms with Gasteiger partial charge in [-0.2, -0.15) is 0 Å². The van der Waals surface area contributed by atoms with Crippen LogP contribution in [0.4, 0.5) is 5.82 Å². The smallest absolute Gasteiger partial charge is 0.330 e. The number of nitrogens with two attached hydrogens (primary N) is 1. The first kappa shape index (κ1) is 19.7. The summed E-state index contributed by atoms with van der Waals surface area (Å²) >= 11 is 0. The van der Waals surface area contributed by atoms with Crippen molar-refractivity contribution < 1.29 is 19.7 Å². The quantitative estimate of drug-likeness (QED) is 0.288. The number of anilines is 1. The van der Waals surface area contributed by atoms with Crippen molar-refractivity contribution in [2.45, 2.75) is 24.5 Å². The van der Waals surface area contributed by atoms with E-state index in [0.717, 1.165) is 17.7 Å². The number of aromatic amines is 1. The average Bonchev–Trinajstić information content (AvgIpc) is 3.20. The maximum atomic E-state index is 12.4. The van der Waals surface area contributed by atoms with Crippen LogP contribution in [0.2, 0.25) is 0 Å². The number of H-pyrrole nitrogens is 1. The predicted molar refractivity (Wildman–Crippen MR) is 101 cm³/mol. The highest BCUT2D eigenvalue weighted by Crippen LogP contribution is 2.30. The molecular weight excluding hydrogens is 384 g/mol. The molecule has 2 fully saturated rings. The number of hydrogen-bond donors (Lipinski definition) is 6. The Kier molecular flexibility index (Phi) is 5.47. The largest absolute Gasteiger partial charge is 0.387 e. The van der Waals surface area contributed by atoms with E-state index in [1.165, 1.54) is 6.33 Å². The number of piperazine rings is 1. The molecule has 2 aliphatic rings. The van der Waals surface area contributed by atoms with Gasteiger partial charge in [-0.25, -0.2) is 19.3 Å². The Morgan fingerprint density at radius 3 is 2.83 bits per heavy atom. The zero-order valence-electron chi connectivity index (χ0n) is 15.6. The maximum Gasteiger partial charge on any atom is 0.330 e. The van der Waals surface area contributed by atoms with E-state index in [1.807, 2.05) is 0 Å². The number of imidazole rings is 1. The van der Waals surface area contributed by atoms with Crippen LogP contribution in [-0.4, -0.2) is 98.1 Å². The monoisotopic (exact) mass is 408 g/mol. The third-order valence-electron chi connectivity index (χ3n) is 5.22. The second-order valence-corrected chi connectivity index (χ2v) is 7.07. The SMILES string of the molecule is Nc1ncnc2c1[nH]c(=O)n2[C@@H]1O[C@H](CNCC(=O)N2CCNCC2)[C@@H](O)[C@H]1O. The number of fused-ring (bicyclic) bond motifs is 1. The Labute approximate surface area is 164 Å². The van der Waals surface area contributed by atoms with Gasteiger partial charge in [-0.05, 0) is 0 Å². The normalized spacial score (nSPS) is 27.6. The van der Waals surface area contributed by atoms with Gasteiger partial charge in [0.05, 0.1) is 6.54 Å². The fourth-order valence-corrected chi connectivity index (χ4v) is 3.65. The molecule has 2 aromatic heterocycles. The molecule has 13 heteroatoms. The lowest BCUT2D eigenvalue weighted by Crippen LogP contribution is -2.50. The lowest BCUT2D eigenvalue weighted by molar-refractivity contribution is -0.130. The van der Waals surface area contributed by atoms with E-state index in [4.69, 9.17) is 10.5 Å². The number of aliphatic hydroxyl groups is 2. The minimum Gasteiger partial charge on any atom is -0.387 e. The third kappa shape index (κ3) is 3.70. The van der Waals surface area contributed by atoms with Crippen LogP contribution in [0, 0.1) is 0 Å². The molecule has 4 rings (SSSR count). The minimum atomic E-state index is -1.36. The Hall–Kier alpha value is -2.58. The van der Waals surface area contributed by atoms with Crippen molar-refractivity contribution in [3.63, 3.8) is 0 Å². The van der Waals surface area contributed by atoms with Crippen LogP contribution in [0.25, 0.3) is 11.2 Å². The number of nitrogen functional groups attached to an aromatic ring is 1. The first-order chi connectivity index (χ1) is 14.0. The standard InChI is InChI=1S/C16H24N8O5/c17-13-10-14(21-7-20-13)24(16(28)22-10)15-12(27)11(26)8(29-15)5-19-6-9(25)23-3-1-18-2-4-23/h7-8,11-12,15,18-19,26-27H,1-6H2,(H,22,28)(H2,17,20,21)/t8-,11-,12-,15-/m1/s1. The van der Waals surface area contributed by atoms with Crippen molar-refractivity contribution >= 4 is 22.9 Å². The Morgan fingerprint density at radius 2 is 2.07 bits per heavy atom. The molecule has 0 bridgehead atoms. The Morgan fingerprint density at radius 1 is 1.31 bits per heavy atom. The molecule has 7 N–H and O–H groups in total. The van der Waals surface area contributed by atoms with Crippen LogP contribution in [0.5, 0.6) is 0 Å². The number of aliphatic hydroxyl groups excluding tert-OH is 2. The fraction of sp³-hybridized carbons (Fsp3) is 0.625. The zero-order valence-corrected chi connectivity index (χ0v) is 15.6. The Bertz CT molecular complexity index is 939. The second kappa shape index (κ2) is 8.04. The lowest BCUT2D eigenvalue weighted by atomic mass is 10.1. The highest BCUT2D eigenvalue weighted by Gasteiger charge is 2.45. The first-order valence-corrected chi connectivity index (χ1v) is 9.39. The van der Waals surface area contributed by atoms with Crippen LogP contribution < -0.4 is 22.1 Å². The molecule has 1 amide bonds. The number of nitrogens with zero attached hydrogens (tertiary/aromatic N) is 4. The summed E-state index contributed by atoms with van der Waals surface area (Å²) in [4.78, 5) is 36.7. The highest BCUT2D eigenvalue weighted by molar-refractivity contribution is 5.81. The summed E-state index contributed by atoms with van der Waals surface area (Å²) in [5.41, 5.74) is 5.55. The van der Waals surface area contributed by atoms with Gasteiger partial charge >= 0.3 is 5.69 Å². The predicted octanol–water partition coefficient (Wildman–Crippen LogP) is -3.66. The molecule has 2 aliphatic heterocycles. The lowest BCUT2D eigenvalue weighted by Gasteiger charge is -2.27. The number of aromatic nitrogens is 4. The topological polar surface area (TPSA) is 184 Å². The van der Waals surface area contributed by atoms with Gasteiger partial charge in [0.15, 0.2) is 17.7 Å². The van der Waals surface area contributed by atoms with E-state index in [9.17, 15) is 19.8 Å². The summed E-state index contributed by atoms with van der Waals surface area (Å²) in [5, 5.41) is 26.9. The van der Waals surface area contributed by atoms with E-state index in [1.54, 1.807) is 4.90 Å². The molecule has 2 aromatic rings. The molecule has 13 nitrogen and oxygen atoms in total. The summed E-state index contributed by atoms with van der Waals surface area (Å²) in [6, 6.07) is 0. The van der Waals surface area contributed by atoms with Gasteiger partial charge in [0.2, 0.25) is 5.91 Å². The minimum absolute atomic E-state index is 0.0453. The number of rotatable bonds is 5. The molecule has 4 heterocycles. The average molecular weight is 408 g/mol. The van der Waals surface area contributed by atoms with Crippen molar-refractivity contribution in [1.29, 1.82) is 0 Å². The van der Waals surface area contributed by atoms with Crippen LogP contribution in [0.3, 0.4) is 0 Å². The van der Waals surface area contributed by atoms with Crippen LogP contribution in [-0.2, 0) is 9.53 Å². The van der Waals surface area contributed by atoms with Gasteiger partial charge in [0, 0.05) is 32.7 Å². The summed E-state index contributed by atoms with van der Waals surface area (Å²) < 4.78 is 6.84. The number of amides is 1. The van der Waals surface area contributed by atoms with Gasteiger partial charge in [0.1, 0.15) is 30.2 Å². The number of carbonyl (C=O) groups excluding carboxylic acids is 1. The summed E-state index contributed by atoms with van der Waals surface area (Å²) in [7, 11) is 0. The molecule has 0 unspecified atom stereocenters. The molecule has 0 saturated carbocycles. The molecule has 4 atom stereocenters. The second-order valence-electron chi connectivity index (χ2n) is 7.07. The molecule has 0 spiro atoms. The van der Waals surface area contributed by atoms with Gasteiger partial charge in [-0.15, -0.1) is 0 Å². The van der Waals surface area contributed by atoms with Crippen molar-refractivity contribution in [2.24, 2.45) is 0 Å².